The van der Waals surface area contributed by atoms with E-state index in [0.29, 0.717) is 30.1 Å². The average molecular weight is 405 g/mol. The first-order valence-electron chi connectivity index (χ1n) is 8.11. The standard InChI is InChI=1S/C19H21BrN2O3/c1-3-22(4-2)19(24)14-6-5-7-16(12-14)21-18(23)13-25-17-10-8-15(20)9-11-17/h5-12H,3-4,13H2,1-2H3,(H,21,23). The fourth-order valence-corrected chi connectivity index (χ4v) is 2.56. The molecule has 0 aromatic heterocycles. The largest absolute Gasteiger partial charge is 0.484 e. The zero-order chi connectivity index (χ0) is 18.2. The Bertz CT molecular complexity index is 728. The lowest BCUT2D eigenvalue weighted by Crippen LogP contribution is -2.30. The molecular weight excluding hydrogens is 384 g/mol. The van der Waals surface area contributed by atoms with E-state index in [1.165, 1.54) is 0 Å². The van der Waals surface area contributed by atoms with E-state index in [-0.39, 0.29) is 18.4 Å². The molecule has 0 saturated heterocycles. The fraction of sp³-hybridized carbons (Fsp3) is 0.263. The molecule has 0 spiro atoms. The van der Waals surface area contributed by atoms with Gasteiger partial charge in [-0.2, -0.15) is 0 Å². The average Bonchev–Trinajstić information content (AvgIpc) is 2.62. The number of ether oxygens (including phenoxy) is 1. The minimum atomic E-state index is -0.282. The number of anilines is 1. The lowest BCUT2D eigenvalue weighted by molar-refractivity contribution is -0.118. The summed E-state index contributed by atoms with van der Waals surface area (Å²) in [7, 11) is 0. The molecule has 132 valence electrons. The van der Waals surface area contributed by atoms with E-state index >= 15 is 0 Å². The van der Waals surface area contributed by atoms with Crippen molar-refractivity contribution in [1.82, 2.24) is 4.90 Å². The summed E-state index contributed by atoms with van der Waals surface area (Å²) in [6.07, 6.45) is 0. The number of hydrogen-bond donors (Lipinski definition) is 1. The molecule has 25 heavy (non-hydrogen) atoms. The van der Waals surface area contributed by atoms with Gasteiger partial charge in [0.05, 0.1) is 0 Å². The molecule has 2 amide bonds. The van der Waals surface area contributed by atoms with Crippen LogP contribution in [0.4, 0.5) is 5.69 Å². The highest BCUT2D eigenvalue weighted by Gasteiger charge is 2.13. The third kappa shape index (κ3) is 5.60. The molecule has 0 fully saturated rings. The van der Waals surface area contributed by atoms with Gasteiger partial charge in [-0.1, -0.05) is 22.0 Å². The van der Waals surface area contributed by atoms with Gasteiger partial charge in [-0.25, -0.2) is 0 Å². The van der Waals surface area contributed by atoms with E-state index in [1.54, 1.807) is 41.3 Å². The summed E-state index contributed by atoms with van der Waals surface area (Å²) >= 11 is 3.34. The van der Waals surface area contributed by atoms with Crippen molar-refractivity contribution in [2.75, 3.05) is 25.0 Å². The van der Waals surface area contributed by atoms with Crippen molar-refractivity contribution < 1.29 is 14.3 Å². The van der Waals surface area contributed by atoms with Crippen LogP contribution < -0.4 is 10.1 Å². The van der Waals surface area contributed by atoms with E-state index in [1.807, 2.05) is 26.0 Å². The maximum Gasteiger partial charge on any atom is 0.262 e. The monoisotopic (exact) mass is 404 g/mol. The molecule has 0 atom stereocenters. The lowest BCUT2D eigenvalue weighted by atomic mass is 10.1. The van der Waals surface area contributed by atoms with Gasteiger partial charge in [-0.3, -0.25) is 9.59 Å². The highest BCUT2D eigenvalue weighted by atomic mass is 79.9. The molecule has 5 nitrogen and oxygen atoms in total. The van der Waals surface area contributed by atoms with Crippen molar-refractivity contribution in [2.24, 2.45) is 0 Å². The van der Waals surface area contributed by atoms with E-state index in [0.717, 1.165) is 4.47 Å². The van der Waals surface area contributed by atoms with Crippen LogP contribution in [0.25, 0.3) is 0 Å². The Hall–Kier alpha value is -2.34. The minimum absolute atomic E-state index is 0.0489. The van der Waals surface area contributed by atoms with Crippen molar-refractivity contribution in [1.29, 1.82) is 0 Å². The number of carbonyl (C=O) groups is 2. The molecule has 0 aliphatic rings. The number of benzene rings is 2. The summed E-state index contributed by atoms with van der Waals surface area (Å²) in [5.74, 6) is 0.284. The quantitative estimate of drug-likeness (QED) is 0.759. The first kappa shape index (κ1) is 19.0. The SMILES string of the molecule is CCN(CC)C(=O)c1cccc(NC(=O)COc2ccc(Br)cc2)c1. The maximum atomic E-state index is 12.4. The predicted octanol–water partition coefficient (Wildman–Crippen LogP) is 3.95. The van der Waals surface area contributed by atoms with E-state index in [4.69, 9.17) is 4.74 Å². The van der Waals surface area contributed by atoms with Crippen LogP contribution in [0, 0.1) is 0 Å². The van der Waals surface area contributed by atoms with Gasteiger partial charge in [0.25, 0.3) is 11.8 Å². The van der Waals surface area contributed by atoms with Crippen LogP contribution in [0.15, 0.2) is 53.0 Å². The minimum Gasteiger partial charge on any atom is -0.484 e. The van der Waals surface area contributed by atoms with Crippen LogP contribution in [0.3, 0.4) is 0 Å². The fourth-order valence-electron chi connectivity index (χ4n) is 2.30. The summed E-state index contributed by atoms with van der Waals surface area (Å²) in [5, 5.41) is 2.75. The second-order valence-corrected chi connectivity index (χ2v) is 6.26. The van der Waals surface area contributed by atoms with Crippen molar-refractivity contribution in [3.63, 3.8) is 0 Å². The van der Waals surface area contributed by atoms with Crippen LogP contribution in [0.2, 0.25) is 0 Å². The Morgan fingerprint density at radius 1 is 1.08 bits per heavy atom. The Morgan fingerprint density at radius 3 is 2.40 bits per heavy atom. The second kappa shape index (κ2) is 9.22. The Morgan fingerprint density at radius 2 is 1.76 bits per heavy atom. The van der Waals surface area contributed by atoms with Gasteiger partial charge in [0.15, 0.2) is 6.61 Å². The summed E-state index contributed by atoms with van der Waals surface area (Å²) in [6.45, 7) is 5.06. The number of rotatable bonds is 7. The molecule has 2 rings (SSSR count). The van der Waals surface area contributed by atoms with Crippen LogP contribution in [0.1, 0.15) is 24.2 Å². The first-order chi connectivity index (χ1) is 12.0. The number of carbonyl (C=O) groups excluding carboxylic acids is 2. The summed E-state index contributed by atoms with van der Waals surface area (Å²) in [4.78, 5) is 26.1. The number of nitrogens with one attached hydrogen (secondary N) is 1. The van der Waals surface area contributed by atoms with Crippen LogP contribution in [0.5, 0.6) is 5.75 Å². The van der Waals surface area contributed by atoms with Gasteiger partial charge < -0.3 is 15.0 Å². The zero-order valence-electron chi connectivity index (χ0n) is 14.3. The van der Waals surface area contributed by atoms with E-state index in [2.05, 4.69) is 21.2 Å². The van der Waals surface area contributed by atoms with E-state index < -0.39 is 0 Å². The van der Waals surface area contributed by atoms with Crippen molar-refractivity contribution in [3.05, 3.63) is 58.6 Å². The Labute approximate surface area is 156 Å². The van der Waals surface area contributed by atoms with Crippen molar-refractivity contribution in [3.8, 4) is 5.75 Å². The first-order valence-corrected chi connectivity index (χ1v) is 8.90. The molecule has 0 heterocycles. The van der Waals surface area contributed by atoms with Crippen LogP contribution in [-0.4, -0.2) is 36.4 Å². The number of halogens is 1. The molecule has 2 aromatic rings. The molecule has 0 unspecified atom stereocenters. The normalized spacial score (nSPS) is 10.2. The Kier molecular flexibility index (Phi) is 7.01. The molecule has 0 saturated carbocycles. The highest BCUT2D eigenvalue weighted by molar-refractivity contribution is 9.10. The van der Waals surface area contributed by atoms with Gasteiger partial charge in [-0.15, -0.1) is 0 Å². The molecule has 0 bridgehead atoms. The third-order valence-electron chi connectivity index (χ3n) is 3.63. The second-order valence-electron chi connectivity index (χ2n) is 5.35. The molecule has 6 heteroatoms. The molecule has 0 aliphatic heterocycles. The molecular formula is C19H21BrN2O3. The summed E-state index contributed by atoms with van der Waals surface area (Å²) in [5.41, 5.74) is 1.12. The zero-order valence-corrected chi connectivity index (χ0v) is 15.9. The topological polar surface area (TPSA) is 58.6 Å². The van der Waals surface area contributed by atoms with Crippen molar-refractivity contribution in [2.45, 2.75) is 13.8 Å². The van der Waals surface area contributed by atoms with Gasteiger partial charge >= 0.3 is 0 Å². The highest BCUT2D eigenvalue weighted by Crippen LogP contribution is 2.16. The van der Waals surface area contributed by atoms with E-state index in [9.17, 15) is 9.59 Å². The Balaban J connectivity index is 1.95. The molecule has 0 radical (unpaired) electrons. The molecule has 0 aliphatic carbocycles. The number of hydrogen-bond acceptors (Lipinski definition) is 3. The van der Waals surface area contributed by atoms with Crippen LogP contribution >= 0.6 is 15.9 Å². The lowest BCUT2D eigenvalue weighted by Gasteiger charge is -2.19. The maximum absolute atomic E-state index is 12.4. The number of amides is 2. The van der Waals surface area contributed by atoms with Crippen molar-refractivity contribution >= 4 is 33.4 Å². The van der Waals surface area contributed by atoms with Crippen LogP contribution in [-0.2, 0) is 4.79 Å². The smallest absolute Gasteiger partial charge is 0.262 e. The molecule has 2 aromatic carbocycles. The van der Waals surface area contributed by atoms with Gasteiger partial charge in [-0.05, 0) is 56.3 Å². The molecule has 1 N–H and O–H groups in total. The summed E-state index contributed by atoms with van der Waals surface area (Å²) in [6, 6.07) is 14.2. The summed E-state index contributed by atoms with van der Waals surface area (Å²) < 4.78 is 6.38. The van der Waals surface area contributed by atoms with Gasteiger partial charge in [0.1, 0.15) is 5.75 Å². The third-order valence-corrected chi connectivity index (χ3v) is 4.16. The van der Waals surface area contributed by atoms with Gasteiger partial charge in [0.2, 0.25) is 0 Å². The van der Waals surface area contributed by atoms with Gasteiger partial charge in [0, 0.05) is 28.8 Å². The predicted molar refractivity (Wildman–Crippen MR) is 102 cm³/mol. The number of nitrogens with zero attached hydrogens (tertiary/aromatic N) is 1.